The van der Waals surface area contributed by atoms with Crippen LogP contribution in [0, 0.1) is 0 Å². The van der Waals surface area contributed by atoms with Crippen LogP contribution in [0.3, 0.4) is 0 Å². The standard InChI is InChI=1S/2C10H24NO.C4H6O2.ClH/c2*1-5-7-8-9-12-10-11(3,4)6-2;1-3(2)4(5)6;/h2*5-10H2,1-4H3;1H2,2H3,(H,5,6);1H/q2*+1;;/p-2. The normalized spacial score (nSPS) is 10.7. The number of carboxylic acid groups (broad SMARTS) is 1. The molecule has 6 nitrogen and oxygen atoms in total. The minimum atomic E-state index is -1.19. The number of carbonyl (C=O) groups is 1. The number of nitrogens with zero attached hydrogens (tertiary/aromatic N) is 2. The number of rotatable bonds is 15. The van der Waals surface area contributed by atoms with E-state index < -0.39 is 5.97 Å². The Morgan fingerprint density at radius 2 is 1.06 bits per heavy atom. The molecule has 0 aromatic heterocycles. The van der Waals surface area contributed by atoms with E-state index >= 15 is 0 Å². The van der Waals surface area contributed by atoms with Gasteiger partial charge in [-0.05, 0) is 39.2 Å². The molecule has 190 valence electrons. The second kappa shape index (κ2) is 24.0. The van der Waals surface area contributed by atoms with Crippen molar-refractivity contribution < 1.29 is 40.7 Å². The number of carboxylic acids is 1. The summed E-state index contributed by atoms with van der Waals surface area (Å²) in [5.74, 6) is -1.19. The van der Waals surface area contributed by atoms with Gasteiger partial charge in [-0.3, -0.25) is 0 Å². The average Bonchev–Trinajstić information content (AvgIpc) is 2.68. The van der Waals surface area contributed by atoms with Crippen molar-refractivity contribution in [1.29, 1.82) is 0 Å². The molecule has 0 spiro atoms. The lowest BCUT2D eigenvalue weighted by Gasteiger charge is -2.27. The van der Waals surface area contributed by atoms with E-state index in [2.05, 4.69) is 62.5 Å². The molecule has 0 saturated heterocycles. The molecular weight excluding hydrogens is 416 g/mol. The smallest absolute Gasteiger partial charge is 0.182 e. The molecule has 0 aromatic rings. The van der Waals surface area contributed by atoms with Crippen LogP contribution in [0.2, 0.25) is 0 Å². The number of hydrogen-bond donors (Lipinski definition) is 0. The van der Waals surface area contributed by atoms with Crippen LogP contribution in [-0.2, 0) is 14.3 Å². The molecule has 0 amide bonds. The first-order valence-corrected chi connectivity index (χ1v) is 11.5. The Hall–Kier alpha value is -0.660. The van der Waals surface area contributed by atoms with E-state index in [9.17, 15) is 9.90 Å². The maximum Gasteiger partial charge on any atom is 0.182 e. The highest BCUT2D eigenvalue weighted by atomic mass is 35.5. The number of ether oxygens (including phenoxy) is 2. The largest absolute Gasteiger partial charge is 1.00 e. The molecule has 0 aromatic carbocycles. The van der Waals surface area contributed by atoms with Crippen molar-refractivity contribution in [1.82, 2.24) is 0 Å². The Balaban J connectivity index is -0.000000183. The minimum absolute atomic E-state index is 0. The number of unbranched alkanes of at least 4 members (excludes halogenated alkanes) is 4. The van der Waals surface area contributed by atoms with Crippen LogP contribution in [0.1, 0.15) is 73.1 Å². The van der Waals surface area contributed by atoms with Crippen molar-refractivity contribution in [3.63, 3.8) is 0 Å². The molecule has 0 heterocycles. The van der Waals surface area contributed by atoms with Crippen molar-refractivity contribution in [2.75, 3.05) is 68.0 Å². The summed E-state index contributed by atoms with van der Waals surface area (Å²) in [4.78, 5) is 9.49. The fraction of sp³-hybridized carbons (Fsp3) is 0.875. The Morgan fingerprint density at radius 3 is 1.26 bits per heavy atom. The zero-order valence-electron chi connectivity index (χ0n) is 22.1. The lowest BCUT2D eigenvalue weighted by Crippen LogP contribution is -3.00. The second-order valence-electron chi connectivity index (χ2n) is 9.06. The molecule has 0 N–H and O–H groups in total. The molecule has 0 aliphatic rings. The van der Waals surface area contributed by atoms with Gasteiger partial charge in [0.2, 0.25) is 0 Å². The molecule has 0 atom stereocenters. The summed E-state index contributed by atoms with van der Waals surface area (Å²) >= 11 is 0. The zero-order valence-corrected chi connectivity index (χ0v) is 22.9. The van der Waals surface area contributed by atoms with Gasteiger partial charge in [-0.2, -0.15) is 0 Å². The van der Waals surface area contributed by atoms with E-state index in [1.54, 1.807) is 0 Å². The zero-order chi connectivity index (χ0) is 24.1. The second-order valence-corrected chi connectivity index (χ2v) is 9.06. The lowest BCUT2D eigenvalue weighted by atomic mass is 10.3. The van der Waals surface area contributed by atoms with Gasteiger partial charge in [0.1, 0.15) is 0 Å². The predicted molar refractivity (Wildman–Crippen MR) is 126 cm³/mol. The molecule has 0 fully saturated rings. The van der Waals surface area contributed by atoms with E-state index in [-0.39, 0.29) is 18.0 Å². The fourth-order valence-electron chi connectivity index (χ4n) is 1.71. The number of halogens is 1. The highest BCUT2D eigenvalue weighted by Gasteiger charge is 2.11. The summed E-state index contributed by atoms with van der Waals surface area (Å²) in [6.45, 7) is 19.1. The van der Waals surface area contributed by atoms with E-state index in [0.717, 1.165) is 48.7 Å². The van der Waals surface area contributed by atoms with Crippen molar-refractivity contribution in [3.05, 3.63) is 12.2 Å². The van der Waals surface area contributed by atoms with Crippen LogP contribution in [0.25, 0.3) is 0 Å². The lowest BCUT2D eigenvalue weighted by molar-refractivity contribution is -0.908. The topological polar surface area (TPSA) is 58.6 Å². The van der Waals surface area contributed by atoms with Gasteiger partial charge in [-0.1, -0.05) is 46.1 Å². The summed E-state index contributed by atoms with van der Waals surface area (Å²) in [7, 11) is 8.78. The van der Waals surface area contributed by atoms with Crippen molar-refractivity contribution in [2.24, 2.45) is 0 Å². The molecule has 0 aliphatic heterocycles. The maximum absolute atomic E-state index is 9.49. The van der Waals surface area contributed by atoms with E-state index in [0.29, 0.717) is 0 Å². The minimum Gasteiger partial charge on any atom is -1.00 e. The molecule has 0 radical (unpaired) electrons. The summed E-state index contributed by atoms with van der Waals surface area (Å²) in [6, 6.07) is 0. The first-order chi connectivity index (χ1) is 13.9. The quantitative estimate of drug-likeness (QED) is 0.154. The van der Waals surface area contributed by atoms with Gasteiger partial charge in [0.25, 0.3) is 0 Å². The predicted octanol–water partition coefficient (Wildman–Crippen LogP) is 0.810. The van der Waals surface area contributed by atoms with E-state index in [4.69, 9.17) is 9.47 Å². The van der Waals surface area contributed by atoms with Crippen LogP contribution < -0.4 is 17.5 Å². The SMILES string of the molecule is C=C(C)C(=O)[O-].CCCCCOC[N+](C)(C)CC.CCCCCOC[N+](C)(C)CC.[Cl-]. The van der Waals surface area contributed by atoms with Gasteiger partial charge in [-0.15, -0.1) is 0 Å². The van der Waals surface area contributed by atoms with Crippen LogP contribution >= 0.6 is 0 Å². The van der Waals surface area contributed by atoms with Crippen LogP contribution in [0.5, 0.6) is 0 Å². The Bertz CT molecular complexity index is 378. The number of aliphatic carboxylic acids is 1. The summed E-state index contributed by atoms with van der Waals surface area (Å²) in [5, 5.41) is 9.49. The third-order valence-electron chi connectivity index (χ3n) is 4.73. The van der Waals surface area contributed by atoms with Gasteiger partial charge < -0.3 is 40.7 Å². The fourth-order valence-corrected chi connectivity index (χ4v) is 1.71. The molecule has 0 unspecified atom stereocenters. The number of carbonyl (C=O) groups excluding carboxylic acids is 1. The van der Waals surface area contributed by atoms with Crippen LogP contribution in [0.4, 0.5) is 0 Å². The Labute approximate surface area is 200 Å². The third kappa shape index (κ3) is 34.2. The monoisotopic (exact) mass is 468 g/mol. The third-order valence-corrected chi connectivity index (χ3v) is 4.73. The van der Waals surface area contributed by atoms with Gasteiger partial charge in [0, 0.05) is 0 Å². The van der Waals surface area contributed by atoms with Crippen LogP contribution in [-0.4, -0.2) is 82.9 Å². The molecule has 0 saturated carbocycles. The van der Waals surface area contributed by atoms with Gasteiger partial charge in [0.05, 0.1) is 60.5 Å². The van der Waals surface area contributed by atoms with Gasteiger partial charge in [0.15, 0.2) is 13.5 Å². The first kappa shape index (κ1) is 37.6. The van der Waals surface area contributed by atoms with Crippen LogP contribution in [0.15, 0.2) is 12.2 Å². The highest BCUT2D eigenvalue weighted by molar-refractivity contribution is 5.82. The molecule has 0 rings (SSSR count). The number of quaternary nitrogens is 2. The van der Waals surface area contributed by atoms with Gasteiger partial charge >= 0.3 is 0 Å². The summed E-state index contributed by atoms with van der Waals surface area (Å²) < 4.78 is 13.1. The molecule has 0 bridgehead atoms. The molecular formula is C24H53ClN2O4. The highest BCUT2D eigenvalue weighted by Crippen LogP contribution is 2.00. The van der Waals surface area contributed by atoms with Crippen molar-refractivity contribution >= 4 is 5.97 Å². The van der Waals surface area contributed by atoms with Gasteiger partial charge in [-0.25, -0.2) is 0 Å². The van der Waals surface area contributed by atoms with Crippen molar-refractivity contribution in [3.8, 4) is 0 Å². The Morgan fingerprint density at radius 1 is 0.774 bits per heavy atom. The first-order valence-electron chi connectivity index (χ1n) is 11.5. The molecule has 31 heavy (non-hydrogen) atoms. The van der Waals surface area contributed by atoms with Crippen molar-refractivity contribution in [2.45, 2.75) is 73.1 Å². The van der Waals surface area contributed by atoms with E-state index in [1.807, 2.05) is 0 Å². The summed E-state index contributed by atoms with van der Waals surface area (Å²) in [5.41, 5.74) is 0.0648. The molecule has 7 heteroatoms. The van der Waals surface area contributed by atoms with E-state index in [1.165, 1.54) is 45.4 Å². The summed E-state index contributed by atoms with van der Waals surface area (Å²) in [6.07, 6.45) is 7.55. The average molecular weight is 469 g/mol. The Kier molecular flexibility index (Phi) is 29.1. The maximum atomic E-state index is 9.49. The molecule has 0 aliphatic carbocycles. The number of hydrogen-bond acceptors (Lipinski definition) is 4.